The number of ether oxygens (including phenoxy) is 2. The van der Waals surface area contributed by atoms with Gasteiger partial charge in [0.1, 0.15) is 17.7 Å². The van der Waals surface area contributed by atoms with E-state index in [0.717, 1.165) is 11.3 Å². The Morgan fingerprint density at radius 3 is 2.78 bits per heavy atom. The van der Waals surface area contributed by atoms with Crippen LogP contribution in [-0.2, 0) is 0 Å². The zero-order valence-corrected chi connectivity index (χ0v) is 15.3. The highest BCUT2D eigenvalue weighted by atomic mass is 19.1. The Balaban J connectivity index is 1.97. The summed E-state index contributed by atoms with van der Waals surface area (Å²) < 4.78 is 26.5. The number of halogens is 1. The molecule has 7 nitrogen and oxygen atoms in total. The molecule has 0 amide bonds. The molecule has 0 saturated heterocycles. The van der Waals surface area contributed by atoms with Gasteiger partial charge in [0.25, 0.3) is 0 Å². The first-order valence-electron chi connectivity index (χ1n) is 8.25. The molecule has 27 heavy (non-hydrogen) atoms. The summed E-state index contributed by atoms with van der Waals surface area (Å²) in [7, 11) is 1.52. The van der Waals surface area contributed by atoms with Crippen molar-refractivity contribution in [3.05, 3.63) is 54.1 Å². The van der Waals surface area contributed by atoms with Gasteiger partial charge < -0.3 is 15.2 Å². The van der Waals surface area contributed by atoms with Gasteiger partial charge in [0.2, 0.25) is 0 Å². The van der Waals surface area contributed by atoms with Crippen LogP contribution in [-0.4, -0.2) is 27.1 Å². The van der Waals surface area contributed by atoms with E-state index in [1.54, 1.807) is 36.1 Å². The smallest absolute Gasteiger partial charge is 0.166 e. The second-order valence-electron chi connectivity index (χ2n) is 5.90. The summed E-state index contributed by atoms with van der Waals surface area (Å²) in [6, 6.07) is 6.01. The Labute approximate surface area is 156 Å². The average molecular weight is 369 g/mol. The predicted molar refractivity (Wildman–Crippen MR) is 101 cm³/mol. The predicted octanol–water partition coefficient (Wildman–Crippen LogP) is 3.62. The van der Waals surface area contributed by atoms with Crippen LogP contribution in [0.25, 0.3) is 17.5 Å². The van der Waals surface area contributed by atoms with Crippen LogP contribution in [0.3, 0.4) is 0 Å². The molecule has 0 spiro atoms. The molecule has 2 heterocycles. The van der Waals surface area contributed by atoms with Crippen molar-refractivity contribution in [2.24, 2.45) is 0 Å². The summed E-state index contributed by atoms with van der Waals surface area (Å²) >= 11 is 0. The van der Waals surface area contributed by atoms with Crippen LogP contribution in [0.15, 0.2) is 37.0 Å². The number of aryl methyl sites for hydroxylation is 1. The number of nitrogens with zero attached hydrogens (tertiary/aromatic N) is 4. The molecule has 0 radical (unpaired) electrons. The fourth-order valence-corrected chi connectivity index (χ4v) is 2.80. The zero-order chi connectivity index (χ0) is 19.6. The van der Waals surface area contributed by atoms with Gasteiger partial charge in [0.15, 0.2) is 11.6 Å². The molecular weight excluding hydrogens is 349 g/mol. The van der Waals surface area contributed by atoms with Gasteiger partial charge in [-0.25, -0.2) is 14.1 Å². The summed E-state index contributed by atoms with van der Waals surface area (Å²) in [4.78, 5) is 4.20. The first-order valence-corrected chi connectivity index (χ1v) is 8.25. The van der Waals surface area contributed by atoms with Gasteiger partial charge in [-0.15, -0.1) is 5.10 Å². The van der Waals surface area contributed by atoms with Gasteiger partial charge in [-0.3, -0.25) is 0 Å². The molecule has 1 aromatic carbocycles. The third-order valence-corrected chi connectivity index (χ3v) is 4.12. The zero-order valence-electron chi connectivity index (χ0n) is 15.3. The van der Waals surface area contributed by atoms with E-state index in [2.05, 4.69) is 21.9 Å². The second-order valence-corrected chi connectivity index (χ2v) is 5.90. The molecule has 1 unspecified atom stereocenters. The lowest BCUT2D eigenvalue weighted by molar-refractivity contribution is 0.221. The monoisotopic (exact) mass is 369 g/mol. The molecule has 140 valence electrons. The molecular formula is C19H20FN5O2. The maximum Gasteiger partial charge on any atom is 0.166 e. The SMILES string of the molecule is C=Cn1nnc(C)c1-c1cnc(N)c(OC(C)c2cc(F)ccc2OC)c1. The minimum Gasteiger partial charge on any atom is -0.496 e. The number of pyridine rings is 1. The van der Waals surface area contributed by atoms with E-state index in [1.807, 2.05) is 6.92 Å². The summed E-state index contributed by atoms with van der Waals surface area (Å²) in [5.74, 6) is 0.729. The molecule has 0 saturated carbocycles. The van der Waals surface area contributed by atoms with Gasteiger partial charge >= 0.3 is 0 Å². The standard InChI is InChI=1S/C19H20FN5O2/c1-5-25-18(11(2)23-24-25)13-8-17(19(21)22-10-13)27-12(3)15-9-14(20)6-7-16(15)26-4/h5-10,12H,1H2,2-4H3,(H2,21,22). The van der Waals surface area contributed by atoms with Crippen LogP contribution in [0.2, 0.25) is 0 Å². The lowest BCUT2D eigenvalue weighted by Gasteiger charge is -2.19. The quantitative estimate of drug-likeness (QED) is 0.714. The number of anilines is 1. The molecule has 0 aliphatic rings. The Morgan fingerprint density at radius 2 is 2.07 bits per heavy atom. The number of hydrogen-bond donors (Lipinski definition) is 1. The van der Waals surface area contributed by atoms with E-state index in [0.29, 0.717) is 22.8 Å². The van der Waals surface area contributed by atoms with Crippen LogP contribution >= 0.6 is 0 Å². The van der Waals surface area contributed by atoms with Gasteiger partial charge in [0.05, 0.1) is 18.5 Å². The van der Waals surface area contributed by atoms with Crippen molar-refractivity contribution in [3.8, 4) is 22.8 Å². The molecule has 3 rings (SSSR count). The lowest BCUT2D eigenvalue weighted by Crippen LogP contribution is -2.08. The Hall–Kier alpha value is -3.42. The molecule has 0 aliphatic carbocycles. The number of benzene rings is 1. The number of methoxy groups -OCH3 is 1. The van der Waals surface area contributed by atoms with E-state index in [4.69, 9.17) is 15.2 Å². The van der Waals surface area contributed by atoms with Crippen molar-refractivity contribution in [2.45, 2.75) is 20.0 Å². The van der Waals surface area contributed by atoms with E-state index < -0.39 is 6.10 Å². The van der Waals surface area contributed by atoms with E-state index >= 15 is 0 Å². The number of nitrogen functional groups attached to an aromatic ring is 1. The fourth-order valence-electron chi connectivity index (χ4n) is 2.80. The summed E-state index contributed by atoms with van der Waals surface area (Å²) in [6.07, 6.45) is 2.65. The molecule has 0 bridgehead atoms. The van der Waals surface area contributed by atoms with Crippen LogP contribution in [0, 0.1) is 12.7 Å². The van der Waals surface area contributed by atoms with Crippen LogP contribution < -0.4 is 15.2 Å². The van der Waals surface area contributed by atoms with Gasteiger partial charge in [-0.1, -0.05) is 11.8 Å². The minimum atomic E-state index is -0.515. The maximum atomic E-state index is 13.7. The van der Waals surface area contributed by atoms with Crippen molar-refractivity contribution < 1.29 is 13.9 Å². The summed E-state index contributed by atoms with van der Waals surface area (Å²) in [6.45, 7) is 7.34. The topological polar surface area (TPSA) is 88.1 Å². The Kier molecular flexibility index (Phi) is 5.07. The molecule has 0 aliphatic heterocycles. The highest BCUT2D eigenvalue weighted by molar-refractivity contribution is 5.67. The molecule has 1 atom stereocenters. The van der Waals surface area contributed by atoms with Gasteiger partial charge in [-0.2, -0.15) is 0 Å². The largest absolute Gasteiger partial charge is 0.496 e. The van der Waals surface area contributed by atoms with Crippen molar-refractivity contribution in [3.63, 3.8) is 0 Å². The fraction of sp³-hybridized carbons (Fsp3) is 0.211. The summed E-state index contributed by atoms with van der Waals surface area (Å²) in [5.41, 5.74) is 8.72. The molecule has 2 aromatic heterocycles. The molecule has 8 heteroatoms. The molecule has 2 N–H and O–H groups in total. The van der Waals surface area contributed by atoms with Gasteiger partial charge in [0, 0.05) is 23.5 Å². The summed E-state index contributed by atoms with van der Waals surface area (Å²) in [5, 5.41) is 8.03. The lowest BCUT2D eigenvalue weighted by atomic mass is 10.1. The Bertz CT molecular complexity index is 986. The van der Waals surface area contributed by atoms with Crippen LogP contribution in [0.1, 0.15) is 24.3 Å². The van der Waals surface area contributed by atoms with E-state index in [9.17, 15) is 4.39 Å². The number of rotatable bonds is 6. The van der Waals surface area contributed by atoms with Gasteiger partial charge in [-0.05, 0) is 38.1 Å². The molecule has 0 fully saturated rings. The second kappa shape index (κ2) is 7.45. The van der Waals surface area contributed by atoms with Crippen LogP contribution in [0.5, 0.6) is 11.5 Å². The number of aromatic nitrogens is 4. The third kappa shape index (κ3) is 3.59. The van der Waals surface area contributed by atoms with Crippen molar-refractivity contribution in [2.75, 3.05) is 12.8 Å². The number of hydrogen-bond acceptors (Lipinski definition) is 6. The van der Waals surface area contributed by atoms with E-state index in [1.165, 1.54) is 19.2 Å². The van der Waals surface area contributed by atoms with Crippen molar-refractivity contribution >= 4 is 12.0 Å². The first-order chi connectivity index (χ1) is 12.9. The highest BCUT2D eigenvalue weighted by Crippen LogP contribution is 2.34. The molecule has 3 aromatic rings. The number of nitrogens with two attached hydrogens (primary N) is 1. The minimum absolute atomic E-state index is 0.219. The van der Waals surface area contributed by atoms with Crippen molar-refractivity contribution in [1.29, 1.82) is 0 Å². The maximum absolute atomic E-state index is 13.7. The normalized spacial score (nSPS) is 11.9. The Morgan fingerprint density at radius 1 is 1.30 bits per heavy atom. The van der Waals surface area contributed by atoms with Crippen molar-refractivity contribution in [1.82, 2.24) is 20.0 Å². The first kappa shape index (κ1) is 18.4. The average Bonchev–Trinajstić information content (AvgIpc) is 3.04. The third-order valence-electron chi connectivity index (χ3n) is 4.12. The van der Waals surface area contributed by atoms with Crippen LogP contribution in [0.4, 0.5) is 10.2 Å². The van der Waals surface area contributed by atoms with E-state index in [-0.39, 0.29) is 11.6 Å². The highest BCUT2D eigenvalue weighted by Gasteiger charge is 2.18.